The Morgan fingerprint density at radius 1 is 1.48 bits per heavy atom. The van der Waals surface area contributed by atoms with Crippen LogP contribution < -0.4 is 5.32 Å². The Morgan fingerprint density at radius 3 is 2.70 bits per heavy atom. The number of piperidine rings is 1. The normalized spacial score (nSPS) is 22.5. The molecule has 1 aliphatic carbocycles. The van der Waals surface area contributed by atoms with Crippen LogP contribution in [0, 0.1) is 11.3 Å². The van der Waals surface area contributed by atoms with E-state index < -0.39 is 11.9 Å². The number of nitrogens with zero attached hydrogens (tertiary/aromatic N) is 2. The van der Waals surface area contributed by atoms with Gasteiger partial charge >= 0.3 is 6.18 Å². The third-order valence-electron chi connectivity index (χ3n) is 4.68. The molecule has 1 aliphatic heterocycles. The molecule has 1 saturated heterocycles. The second-order valence-electron chi connectivity index (χ2n) is 6.19. The van der Waals surface area contributed by atoms with E-state index in [0.29, 0.717) is 5.01 Å². The number of thiazole rings is 1. The summed E-state index contributed by atoms with van der Waals surface area (Å²) >= 11 is 0.946. The van der Waals surface area contributed by atoms with Crippen molar-refractivity contribution >= 4 is 29.7 Å². The molecule has 1 spiro atoms. The van der Waals surface area contributed by atoms with Gasteiger partial charge in [-0.05, 0) is 37.8 Å². The Kier molecular flexibility index (Phi) is 5.27. The minimum Gasteiger partial charge on any atom is -0.339 e. The smallest absolute Gasteiger partial charge is 0.339 e. The first kappa shape index (κ1) is 18.5. The number of carbonyl (C=O) groups excluding carboxylic acids is 1. The molecule has 2 fully saturated rings. The van der Waals surface area contributed by atoms with Gasteiger partial charge in [0.2, 0.25) is 5.91 Å². The summed E-state index contributed by atoms with van der Waals surface area (Å²) in [4.78, 5) is 17.5. The molecule has 1 unspecified atom stereocenters. The van der Waals surface area contributed by atoms with E-state index in [2.05, 4.69) is 10.3 Å². The summed E-state index contributed by atoms with van der Waals surface area (Å²) in [5, 5.41) is 4.61. The maximum absolute atomic E-state index is 12.5. The van der Waals surface area contributed by atoms with Gasteiger partial charge in [-0.2, -0.15) is 13.2 Å². The van der Waals surface area contributed by atoms with Crippen LogP contribution in [0.1, 0.15) is 30.0 Å². The van der Waals surface area contributed by atoms with E-state index in [0.717, 1.165) is 49.1 Å². The Balaban J connectivity index is 0.00000192. The van der Waals surface area contributed by atoms with Gasteiger partial charge in [0.15, 0.2) is 5.69 Å². The summed E-state index contributed by atoms with van der Waals surface area (Å²) < 4.78 is 37.6. The molecular weight excluding hydrogens is 351 g/mol. The quantitative estimate of drug-likeness (QED) is 0.891. The number of hydrogen-bond acceptors (Lipinski definition) is 4. The highest BCUT2D eigenvalue weighted by atomic mass is 35.5. The van der Waals surface area contributed by atoms with Crippen LogP contribution in [-0.4, -0.2) is 35.9 Å². The van der Waals surface area contributed by atoms with Gasteiger partial charge in [-0.25, -0.2) is 4.98 Å². The number of nitrogens with one attached hydrogen (secondary N) is 1. The minimum atomic E-state index is -4.42. The molecule has 1 aromatic rings. The van der Waals surface area contributed by atoms with Gasteiger partial charge in [-0.3, -0.25) is 4.79 Å². The first-order valence-electron chi connectivity index (χ1n) is 7.29. The zero-order chi connectivity index (χ0) is 16.0. The maximum atomic E-state index is 12.5. The van der Waals surface area contributed by atoms with Crippen LogP contribution in [0.2, 0.25) is 0 Å². The first-order valence-corrected chi connectivity index (χ1v) is 8.17. The van der Waals surface area contributed by atoms with Crippen LogP contribution in [0.3, 0.4) is 0 Å². The molecule has 0 radical (unpaired) electrons. The Labute approximate surface area is 142 Å². The number of alkyl halides is 3. The second-order valence-corrected chi connectivity index (χ2v) is 7.13. The Morgan fingerprint density at radius 2 is 2.13 bits per heavy atom. The van der Waals surface area contributed by atoms with Crippen molar-refractivity contribution in [2.75, 3.05) is 20.1 Å². The average Bonchev–Trinajstić information content (AvgIpc) is 2.93. The van der Waals surface area contributed by atoms with E-state index in [1.54, 1.807) is 7.05 Å². The number of hydrogen-bond donors (Lipinski definition) is 1. The highest BCUT2D eigenvalue weighted by Gasteiger charge is 2.58. The van der Waals surface area contributed by atoms with Crippen LogP contribution in [-0.2, 0) is 17.5 Å². The Bertz CT molecular complexity index is 572. The lowest BCUT2D eigenvalue weighted by molar-refractivity contribution is -0.140. The lowest BCUT2D eigenvalue weighted by atomic mass is 9.91. The number of carbonyl (C=O) groups is 1. The SMILES string of the molecule is CN(Cc1nc(C(F)(F)F)cs1)C(=O)C1CC12CCNCC2.Cl. The van der Waals surface area contributed by atoms with Crippen LogP contribution >= 0.6 is 23.7 Å². The van der Waals surface area contributed by atoms with Crippen molar-refractivity contribution in [3.63, 3.8) is 0 Å². The molecule has 1 saturated carbocycles. The number of aromatic nitrogens is 1. The molecule has 130 valence electrons. The molecule has 0 bridgehead atoms. The van der Waals surface area contributed by atoms with Crippen molar-refractivity contribution in [1.82, 2.24) is 15.2 Å². The molecule has 4 nitrogen and oxygen atoms in total. The zero-order valence-corrected chi connectivity index (χ0v) is 14.3. The molecule has 1 N–H and O–H groups in total. The molecule has 1 amide bonds. The van der Waals surface area contributed by atoms with E-state index in [4.69, 9.17) is 0 Å². The highest BCUT2D eigenvalue weighted by molar-refractivity contribution is 7.09. The molecule has 9 heteroatoms. The molecule has 1 atom stereocenters. The van der Waals surface area contributed by atoms with E-state index in [1.165, 1.54) is 4.90 Å². The van der Waals surface area contributed by atoms with E-state index in [-0.39, 0.29) is 36.2 Å². The lowest BCUT2D eigenvalue weighted by Gasteiger charge is -2.24. The van der Waals surface area contributed by atoms with Crippen molar-refractivity contribution in [2.45, 2.75) is 32.0 Å². The van der Waals surface area contributed by atoms with E-state index in [1.807, 2.05) is 0 Å². The van der Waals surface area contributed by atoms with E-state index in [9.17, 15) is 18.0 Å². The van der Waals surface area contributed by atoms with Gasteiger partial charge in [-0.1, -0.05) is 0 Å². The van der Waals surface area contributed by atoms with Gasteiger partial charge in [0.05, 0.1) is 6.54 Å². The van der Waals surface area contributed by atoms with Gasteiger partial charge in [0.1, 0.15) is 5.01 Å². The standard InChI is InChI=1S/C14H18F3N3OS.ClH/c1-20(7-11-19-10(8-22-11)14(15,16)17)12(21)9-6-13(9)2-4-18-5-3-13;/h8-9,18H,2-7H2,1H3;1H. The topological polar surface area (TPSA) is 45.2 Å². The molecule has 2 aliphatic rings. The van der Waals surface area contributed by atoms with Crippen molar-refractivity contribution in [3.05, 3.63) is 16.1 Å². The molecule has 0 aromatic carbocycles. The minimum absolute atomic E-state index is 0. The van der Waals surface area contributed by atoms with Crippen molar-refractivity contribution in [2.24, 2.45) is 11.3 Å². The largest absolute Gasteiger partial charge is 0.434 e. The highest BCUT2D eigenvalue weighted by Crippen LogP contribution is 2.59. The third-order valence-corrected chi connectivity index (χ3v) is 5.51. The fraction of sp³-hybridized carbons (Fsp3) is 0.714. The fourth-order valence-corrected chi connectivity index (χ4v) is 4.09. The number of amides is 1. The molecule has 2 heterocycles. The molecule has 3 rings (SSSR count). The maximum Gasteiger partial charge on any atom is 0.434 e. The van der Waals surface area contributed by atoms with Gasteiger partial charge in [-0.15, -0.1) is 23.7 Å². The summed E-state index contributed by atoms with van der Waals surface area (Å²) in [6.07, 6.45) is -1.50. The third kappa shape index (κ3) is 3.80. The van der Waals surface area contributed by atoms with Crippen molar-refractivity contribution < 1.29 is 18.0 Å². The first-order chi connectivity index (χ1) is 10.3. The van der Waals surface area contributed by atoms with Gasteiger partial charge < -0.3 is 10.2 Å². The number of rotatable bonds is 3. The lowest BCUT2D eigenvalue weighted by Crippen LogP contribution is -2.34. The summed E-state index contributed by atoms with van der Waals surface area (Å²) in [5.74, 6) is 0.0623. The van der Waals surface area contributed by atoms with Gasteiger partial charge in [0.25, 0.3) is 0 Å². The average molecular weight is 370 g/mol. The van der Waals surface area contributed by atoms with Gasteiger partial charge in [0, 0.05) is 18.3 Å². The molecule has 23 heavy (non-hydrogen) atoms. The summed E-state index contributed by atoms with van der Waals surface area (Å²) in [5.41, 5.74) is -0.744. The second kappa shape index (κ2) is 6.57. The van der Waals surface area contributed by atoms with Crippen LogP contribution in [0.15, 0.2) is 5.38 Å². The summed E-state index contributed by atoms with van der Waals surface area (Å²) in [6.45, 7) is 2.02. The van der Waals surface area contributed by atoms with Crippen molar-refractivity contribution in [1.29, 1.82) is 0 Å². The monoisotopic (exact) mass is 369 g/mol. The molecular formula is C14H19ClF3N3OS. The van der Waals surface area contributed by atoms with E-state index >= 15 is 0 Å². The summed E-state index contributed by atoms with van der Waals surface area (Å²) in [6, 6.07) is 0. The summed E-state index contributed by atoms with van der Waals surface area (Å²) in [7, 11) is 1.64. The predicted octanol–water partition coefficient (Wildman–Crippen LogP) is 2.93. The molecule has 1 aromatic heterocycles. The Hall–Kier alpha value is -0.860. The fourth-order valence-electron chi connectivity index (χ4n) is 3.23. The predicted molar refractivity (Wildman–Crippen MR) is 83.5 cm³/mol. The van der Waals surface area contributed by atoms with Crippen molar-refractivity contribution in [3.8, 4) is 0 Å². The van der Waals surface area contributed by atoms with Crippen LogP contribution in [0.4, 0.5) is 13.2 Å². The van der Waals surface area contributed by atoms with Crippen LogP contribution in [0.5, 0.6) is 0 Å². The number of halogens is 4. The van der Waals surface area contributed by atoms with Crippen LogP contribution in [0.25, 0.3) is 0 Å². The zero-order valence-electron chi connectivity index (χ0n) is 12.7.